The number of carboxylic acid groups (broad SMARTS) is 1. The molecule has 2 atom stereocenters. The molecule has 150 valence electrons. The van der Waals surface area contributed by atoms with Gasteiger partial charge in [-0.2, -0.15) is 0 Å². The molecule has 27 heavy (non-hydrogen) atoms. The number of thiazole rings is 1. The molecular weight excluding hydrogens is 384 g/mol. The first-order chi connectivity index (χ1) is 13.0. The van der Waals surface area contributed by atoms with Crippen LogP contribution in [-0.2, 0) is 4.79 Å². The van der Waals surface area contributed by atoms with E-state index in [0.717, 1.165) is 29.6 Å². The van der Waals surface area contributed by atoms with Crippen molar-refractivity contribution in [3.05, 3.63) is 11.1 Å². The lowest BCUT2D eigenvalue weighted by molar-refractivity contribution is -0.128. The van der Waals surface area contributed by atoms with E-state index in [1.54, 1.807) is 5.38 Å². The number of amides is 1. The van der Waals surface area contributed by atoms with Gasteiger partial charge in [0.2, 0.25) is 5.91 Å². The first kappa shape index (κ1) is 20.6. The predicted octanol–water partition coefficient (Wildman–Crippen LogP) is 2.00. The number of nitrogens with one attached hydrogen (secondary N) is 1. The number of aromatic carboxylic acids is 1. The lowest BCUT2D eigenvalue weighted by atomic mass is 10.1. The lowest BCUT2D eigenvalue weighted by Gasteiger charge is -2.25. The summed E-state index contributed by atoms with van der Waals surface area (Å²) in [4.78, 5) is 31.6. The Labute approximate surface area is 168 Å². The van der Waals surface area contributed by atoms with Crippen LogP contribution in [0.3, 0.4) is 0 Å². The van der Waals surface area contributed by atoms with Gasteiger partial charge in [0.25, 0.3) is 0 Å². The number of nitrogens with zero attached hydrogens (tertiary/aromatic N) is 3. The summed E-state index contributed by atoms with van der Waals surface area (Å²) in [5.74, 6) is -0.0344. The van der Waals surface area contributed by atoms with Gasteiger partial charge in [-0.25, -0.2) is 9.78 Å². The number of carbonyl (C=O) groups is 2. The van der Waals surface area contributed by atoms with Crippen LogP contribution in [0, 0.1) is 0 Å². The highest BCUT2D eigenvalue weighted by atomic mass is 32.2. The maximum Gasteiger partial charge on any atom is 0.355 e. The van der Waals surface area contributed by atoms with Crippen molar-refractivity contribution in [2.45, 2.75) is 48.5 Å². The van der Waals surface area contributed by atoms with Crippen LogP contribution in [0.5, 0.6) is 0 Å². The van der Waals surface area contributed by atoms with Gasteiger partial charge in [-0.05, 0) is 45.8 Å². The molecule has 2 aliphatic heterocycles. The zero-order chi connectivity index (χ0) is 19.2. The van der Waals surface area contributed by atoms with E-state index in [9.17, 15) is 9.59 Å². The average Bonchev–Trinajstić information content (AvgIpc) is 3.35. The van der Waals surface area contributed by atoms with Gasteiger partial charge in [0.1, 0.15) is 0 Å². The molecule has 0 spiro atoms. The van der Waals surface area contributed by atoms with Crippen molar-refractivity contribution in [1.82, 2.24) is 20.1 Å². The molecule has 1 aromatic heterocycles. The van der Waals surface area contributed by atoms with Crippen molar-refractivity contribution in [2.24, 2.45) is 0 Å². The Morgan fingerprint density at radius 2 is 2.30 bits per heavy atom. The van der Waals surface area contributed by atoms with Crippen molar-refractivity contribution in [3.63, 3.8) is 0 Å². The molecule has 0 radical (unpaired) electrons. The van der Waals surface area contributed by atoms with Gasteiger partial charge in [-0.1, -0.05) is 11.8 Å². The average molecular weight is 413 g/mol. The van der Waals surface area contributed by atoms with Crippen LogP contribution in [0.1, 0.15) is 42.6 Å². The molecule has 0 bridgehead atoms. The van der Waals surface area contributed by atoms with Crippen LogP contribution in [0.4, 0.5) is 0 Å². The van der Waals surface area contributed by atoms with E-state index >= 15 is 0 Å². The summed E-state index contributed by atoms with van der Waals surface area (Å²) in [6.45, 7) is 3.75. The molecule has 2 unspecified atom stereocenters. The Bertz CT molecular complexity index is 654. The second kappa shape index (κ2) is 9.86. The standard InChI is InChI=1S/C18H28N4O3S2/c1-21-8-2-3-13(21)6-7-19-11-14-4-5-16(23)22(14)9-10-26-18-20-15(12-27-18)17(24)25/h12-14,19H,2-11H2,1H3,(H,24,25). The third-order valence-corrected chi connectivity index (χ3v) is 7.42. The van der Waals surface area contributed by atoms with Gasteiger partial charge in [0.15, 0.2) is 10.0 Å². The number of aromatic nitrogens is 1. The Hall–Kier alpha value is -1.16. The number of hydrogen-bond acceptors (Lipinski definition) is 7. The zero-order valence-corrected chi connectivity index (χ0v) is 17.4. The molecular formula is C18H28N4O3S2. The van der Waals surface area contributed by atoms with Gasteiger partial charge in [-0.3, -0.25) is 4.79 Å². The van der Waals surface area contributed by atoms with Gasteiger partial charge < -0.3 is 20.2 Å². The Morgan fingerprint density at radius 3 is 3.00 bits per heavy atom. The number of likely N-dealkylation sites (tertiary alicyclic amines) is 2. The largest absolute Gasteiger partial charge is 0.476 e. The van der Waals surface area contributed by atoms with Crippen LogP contribution in [0.25, 0.3) is 0 Å². The molecule has 2 aliphatic rings. The first-order valence-electron chi connectivity index (χ1n) is 9.56. The maximum atomic E-state index is 12.2. The molecule has 2 N–H and O–H groups in total. The molecule has 3 rings (SSSR count). The van der Waals surface area contributed by atoms with E-state index in [2.05, 4.69) is 22.2 Å². The Morgan fingerprint density at radius 1 is 1.44 bits per heavy atom. The zero-order valence-electron chi connectivity index (χ0n) is 15.7. The lowest BCUT2D eigenvalue weighted by Crippen LogP contribution is -2.42. The fourth-order valence-electron chi connectivity index (χ4n) is 3.85. The van der Waals surface area contributed by atoms with Crippen LogP contribution in [0.2, 0.25) is 0 Å². The molecule has 0 aliphatic carbocycles. The summed E-state index contributed by atoms with van der Waals surface area (Å²) in [6, 6.07) is 0.967. The molecule has 0 aromatic carbocycles. The molecule has 0 saturated carbocycles. The van der Waals surface area contributed by atoms with Crippen LogP contribution >= 0.6 is 23.1 Å². The number of thioether (sulfide) groups is 1. The van der Waals surface area contributed by atoms with Crippen molar-refractivity contribution in [1.29, 1.82) is 0 Å². The predicted molar refractivity (Wildman–Crippen MR) is 108 cm³/mol. The topological polar surface area (TPSA) is 85.8 Å². The molecule has 2 saturated heterocycles. The SMILES string of the molecule is CN1CCCC1CCNCC1CCC(=O)N1CCSc1nc(C(=O)O)cs1. The highest BCUT2D eigenvalue weighted by Gasteiger charge is 2.30. The van der Waals surface area contributed by atoms with E-state index in [-0.39, 0.29) is 17.6 Å². The summed E-state index contributed by atoms with van der Waals surface area (Å²) in [5.41, 5.74) is 0.0923. The summed E-state index contributed by atoms with van der Waals surface area (Å²) >= 11 is 2.86. The van der Waals surface area contributed by atoms with Crippen LogP contribution in [0.15, 0.2) is 9.72 Å². The molecule has 9 heteroatoms. The highest BCUT2D eigenvalue weighted by Crippen LogP contribution is 2.25. The van der Waals surface area contributed by atoms with Crippen molar-refractivity contribution in [3.8, 4) is 0 Å². The molecule has 3 heterocycles. The van der Waals surface area contributed by atoms with Crippen LogP contribution in [-0.4, -0.2) is 82.8 Å². The third-order valence-electron chi connectivity index (χ3n) is 5.42. The number of carboxylic acids is 1. The van der Waals surface area contributed by atoms with Crippen molar-refractivity contribution in [2.75, 3.05) is 39.0 Å². The second-order valence-corrected chi connectivity index (χ2v) is 9.40. The highest BCUT2D eigenvalue weighted by molar-refractivity contribution is 8.01. The van der Waals surface area contributed by atoms with Crippen LogP contribution < -0.4 is 5.32 Å². The maximum absolute atomic E-state index is 12.2. The Balaban J connectivity index is 1.37. The summed E-state index contributed by atoms with van der Waals surface area (Å²) < 4.78 is 0.745. The summed E-state index contributed by atoms with van der Waals surface area (Å²) in [7, 11) is 2.20. The molecule has 2 fully saturated rings. The van der Waals surface area contributed by atoms with Gasteiger partial charge in [0, 0.05) is 42.7 Å². The minimum Gasteiger partial charge on any atom is -0.476 e. The van der Waals surface area contributed by atoms with E-state index in [1.165, 1.54) is 48.9 Å². The van der Waals surface area contributed by atoms with Gasteiger partial charge in [-0.15, -0.1) is 11.3 Å². The second-order valence-electron chi connectivity index (χ2n) is 7.20. The molecule has 1 aromatic rings. The minimum atomic E-state index is -0.997. The van der Waals surface area contributed by atoms with E-state index in [0.29, 0.717) is 19.0 Å². The van der Waals surface area contributed by atoms with E-state index in [1.807, 2.05) is 4.90 Å². The minimum absolute atomic E-state index is 0.0923. The molecule has 1 amide bonds. The quantitative estimate of drug-likeness (QED) is 0.449. The van der Waals surface area contributed by atoms with Gasteiger partial charge in [0.05, 0.1) is 0 Å². The smallest absolute Gasteiger partial charge is 0.355 e. The van der Waals surface area contributed by atoms with Gasteiger partial charge >= 0.3 is 5.97 Å². The number of rotatable bonds is 10. The normalized spacial score (nSPS) is 23.4. The van der Waals surface area contributed by atoms with E-state index < -0.39 is 5.97 Å². The number of hydrogen-bond donors (Lipinski definition) is 2. The van der Waals surface area contributed by atoms with Crippen molar-refractivity contribution >= 4 is 35.0 Å². The van der Waals surface area contributed by atoms with E-state index in [4.69, 9.17) is 5.11 Å². The van der Waals surface area contributed by atoms with Crippen molar-refractivity contribution < 1.29 is 14.7 Å². The summed E-state index contributed by atoms with van der Waals surface area (Å²) in [5, 5.41) is 14.0. The Kier molecular flexibility index (Phi) is 7.51. The molecule has 7 nitrogen and oxygen atoms in total. The fourth-order valence-corrected chi connectivity index (χ4v) is 5.66. The number of carbonyl (C=O) groups excluding carboxylic acids is 1. The first-order valence-corrected chi connectivity index (χ1v) is 11.4. The third kappa shape index (κ3) is 5.66. The fraction of sp³-hybridized carbons (Fsp3) is 0.722. The summed E-state index contributed by atoms with van der Waals surface area (Å²) in [6.07, 6.45) is 5.31. The monoisotopic (exact) mass is 412 g/mol.